The van der Waals surface area contributed by atoms with Crippen LogP contribution in [0.5, 0.6) is 0 Å². The van der Waals surface area contributed by atoms with Crippen LogP contribution in [0.3, 0.4) is 0 Å². The fraction of sp³-hybridized carbons (Fsp3) is 0.562. The lowest BCUT2D eigenvalue weighted by atomic mass is 10.1. The number of aryl methyl sites for hydroxylation is 1. The number of guanidine groups is 1. The van der Waals surface area contributed by atoms with Gasteiger partial charge in [0.1, 0.15) is 0 Å². The molecule has 1 aromatic rings. The maximum absolute atomic E-state index is 4.25. The van der Waals surface area contributed by atoms with E-state index in [-0.39, 0.29) is 0 Å². The van der Waals surface area contributed by atoms with Crippen molar-refractivity contribution in [2.24, 2.45) is 10.9 Å². The molecule has 0 bridgehead atoms. The first kappa shape index (κ1) is 15.5. The number of rotatable bonds is 6. The van der Waals surface area contributed by atoms with Gasteiger partial charge in [0.2, 0.25) is 0 Å². The summed E-state index contributed by atoms with van der Waals surface area (Å²) in [7, 11) is 1.82. The molecule has 19 heavy (non-hydrogen) atoms. The van der Waals surface area contributed by atoms with Gasteiger partial charge < -0.3 is 10.6 Å². The Bertz CT molecular complexity index is 371. The van der Waals surface area contributed by atoms with E-state index in [1.54, 1.807) is 0 Å². The average Bonchev–Trinajstić information content (AvgIpc) is 2.43. The van der Waals surface area contributed by atoms with E-state index in [2.05, 4.69) is 66.7 Å². The van der Waals surface area contributed by atoms with Crippen molar-refractivity contribution in [2.75, 3.05) is 13.6 Å². The third kappa shape index (κ3) is 6.27. The lowest BCUT2D eigenvalue weighted by Gasteiger charge is -2.20. The molecule has 3 nitrogen and oxygen atoms in total. The molecule has 0 heterocycles. The first-order valence-corrected chi connectivity index (χ1v) is 7.14. The van der Waals surface area contributed by atoms with Gasteiger partial charge in [-0.1, -0.05) is 44.2 Å². The van der Waals surface area contributed by atoms with Crippen molar-refractivity contribution in [2.45, 2.75) is 39.7 Å². The van der Waals surface area contributed by atoms with Crippen LogP contribution < -0.4 is 10.6 Å². The van der Waals surface area contributed by atoms with Crippen LogP contribution in [0.2, 0.25) is 0 Å². The minimum atomic E-state index is 0.431. The summed E-state index contributed by atoms with van der Waals surface area (Å²) in [5, 5.41) is 6.77. The molecular formula is C16H27N3. The van der Waals surface area contributed by atoms with Crippen molar-refractivity contribution in [1.29, 1.82) is 0 Å². The molecule has 0 aliphatic carbocycles. The van der Waals surface area contributed by atoms with E-state index in [4.69, 9.17) is 0 Å². The summed E-state index contributed by atoms with van der Waals surface area (Å²) < 4.78 is 0. The van der Waals surface area contributed by atoms with Gasteiger partial charge in [-0.3, -0.25) is 4.99 Å². The van der Waals surface area contributed by atoms with Crippen LogP contribution in [0.15, 0.2) is 35.3 Å². The van der Waals surface area contributed by atoms with Gasteiger partial charge in [0.25, 0.3) is 0 Å². The zero-order chi connectivity index (χ0) is 14.1. The van der Waals surface area contributed by atoms with Crippen LogP contribution >= 0.6 is 0 Å². The first-order valence-electron chi connectivity index (χ1n) is 7.14. The predicted molar refractivity (Wildman–Crippen MR) is 83.6 cm³/mol. The zero-order valence-electron chi connectivity index (χ0n) is 12.6. The summed E-state index contributed by atoms with van der Waals surface area (Å²) in [4.78, 5) is 4.25. The molecule has 0 radical (unpaired) electrons. The number of hydrogen-bond acceptors (Lipinski definition) is 1. The van der Waals surface area contributed by atoms with Crippen molar-refractivity contribution < 1.29 is 0 Å². The maximum Gasteiger partial charge on any atom is 0.191 e. The molecule has 2 N–H and O–H groups in total. The van der Waals surface area contributed by atoms with Crippen molar-refractivity contribution in [3.63, 3.8) is 0 Å². The smallest absolute Gasteiger partial charge is 0.191 e. The Morgan fingerprint density at radius 1 is 1.16 bits per heavy atom. The highest BCUT2D eigenvalue weighted by Crippen LogP contribution is 2.02. The standard InChI is InChI=1S/C16H27N3/c1-13(2)14(3)19-16(17-4)18-12-8-11-15-9-6-5-7-10-15/h5-7,9-10,13-14H,8,11-12H2,1-4H3,(H2,17,18,19). The lowest BCUT2D eigenvalue weighted by Crippen LogP contribution is -2.44. The number of nitrogens with zero attached hydrogens (tertiary/aromatic N) is 1. The second kappa shape index (κ2) is 8.57. The van der Waals surface area contributed by atoms with Gasteiger partial charge in [-0.15, -0.1) is 0 Å². The van der Waals surface area contributed by atoms with E-state index >= 15 is 0 Å². The van der Waals surface area contributed by atoms with E-state index < -0.39 is 0 Å². The van der Waals surface area contributed by atoms with Gasteiger partial charge in [-0.2, -0.15) is 0 Å². The van der Waals surface area contributed by atoms with Crippen LogP contribution in [-0.4, -0.2) is 25.6 Å². The van der Waals surface area contributed by atoms with E-state index in [1.807, 2.05) is 7.05 Å². The monoisotopic (exact) mass is 261 g/mol. The molecular weight excluding hydrogens is 234 g/mol. The van der Waals surface area contributed by atoms with Gasteiger partial charge in [-0.25, -0.2) is 0 Å². The largest absolute Gasteiger partial charge is 0.356 e. The molecule has 0 fully saturated rings. The van der Waals surface area contributed by atoms with Crippen molar-refractivity contribution in [3.05, 3.63) is 35.9 Å². The average molecular weight is 261 g/mol. The minimum Gasteiger partial charge on any atom is -0.356 e. The molecule has 0 saturated carbocycles. The number of hydrogen-bond donors (Lipinski definition) is 2. The molecule has 106 valence electrons. The Labute approximate surface area is 117 Å². The van der Waals surface area contributed by atoms with Crippen LogP contribution in [0.25, 0.3) is 0 Å². The van der Waals surface area contributed by atoms with Crippen LogP contribution in [-0.2, 0) is 6.42 Å². The van der Waals surface area contributed by atoms with Gasteiger partial charge in [0.15, 0.2) is 5.96 Å². The number of aliphatic imine (C=N–C) groups is 1. The second-order valence-electron chi connectivity index (χ2n) is 5.27. The summed E-state index contributed by atoms with van der Waals surface area (Å²) in [5.74, 6) is 1.50. The molecule has 0 saturated heterocycles. The van der Waals surface area contributed by atoms with E-state index in [0.717, 1.165) is 25.3 Å². The fourth-order valence-electron chi connectivity index (χ4n) is 1.72. The number of nitrogens with one attached hydrogen (secondary N) is 2. The molecule has 1 aromatic carbocycles. The minimum absolute atomic E-state index is 0.431. The predicted octanol–water partition coefficient (Wildman–Crippen LogP) is 2.83. The van der Waals surface area contributed by atoms with Crippen molar-refractivity contribution in [3.8, 4) is 0 Å². The second-order valence-corrected chi connectivity index (χ2v) is 5.27. The Morgan fingerprint density at radius 2 is 1.84 bits per heavy atom. The maximum atomic E-state index is 4.25. The normalized spacial score (nSPS) is 13.4. The highest BCUT2D eigenvalue weighted by molar-refractivity contribution is 5.79. The molecule has 0 amide bonds. The lowest BCUT2D eigenvalue weighted by molar-refractivity contribution is 0.480. The van der Waals surface area contributed by atoms with Crippen LogP contribution in [0, 0.1) is 5.92 Å². The highest BCUT2D eigenvalue weighted by Gasteiger charge is 2.08. The Kier molecular flexibility index (Phi) is 7.01. The highest BCUT2D eigenvalue weighted by atomic mass is 15.2. The molecule has 0 spiro atoms. The summed E-state index contributed by atoms with van der Waals surface area (Å²) in [6, 6.07) is 11.0. The molecule has 0 aliphatic rings. The SMILES string of the molecule is CN=C(NCCCc1ccccc1)NC(C)C(C)C. The van der Waals surface area contributed by atoms with E-state index in [9.17, 15) is 0 Å². The Morgan fingerprint density at radius 3 is 2.42 bits per heavy atom. The number of benzene rings is 1. The summed E-state index contributed by atoms with van der Waals surface area (Å²) >= 11 is 0. The third-order valence-corrected chi connectivity index (χ3v) is 3.37. The molecule has 0 aromatic heterocycles. The van der Waals surface area contributed by atoms with Gasteiger partial charge in [0.05, 0.1) is 0 Å². The summed E-state index contributed by atoms with van der Waals surface area (Å²) in [6.45, 7) is 7.54. The molecule has 1 unspecified atom stereocenters. The van der Waals surface area contributed by atoms with E-state index in [1.165, 1.54) is 5.56 Å². The Hall–Kier alpha value is -1.51. The fourth-order valence-corrected chi connectivity index (χ4v) is 1.72. The van der Waals surface area contributed by atoms with Gasteiger partial charge >= 0.3 is 0 Å². The quantitative estimate of drug-likeness (QED) is 0.469. The molecule has 1 rings (SSSR count). The van der Waals surface area contributed by atoms with Gasteiger partial charge in [0, 0.05) is 19.6 Å². The first-order chi connectivity index (χ1) is 9.13. The Balaban J connectivity index is 2.23. The molecule has 0 aliphatic heterocycles. The van der Waals surface area contributed by atoms with Gasteiger partial charge in [-0.05, 0) is 31.2 Å². The topological polar surface area (TPSA) is 36.4 Å². The van der Waals surface area contributed by atoms with Crippen molar-refractivity contribution >= 4 is 5.96 Å². The molecule has 1 atom stereocenters. The summed E-state index contributed by atoms with van der Waals surface area (Å²) in [5.41, 5.74) is 1.39. The van der Waals surface area contributed by atoms with Crippen molar-refractivity contribution in [1.82, 2.24) is 10.6 Å². The zero-order valence-corrected chi connectivity index (χ0v) is 12.6. The van der Waals surface area contributed by atoms with E-state index in [0.29, 0.717) is 12.0 Å². The third-order valence-electron chi connectivity index (χ3n) is 3.37. The summed E-state index contributed by atoms with van der Waals surface area (Å²) in [6.07, 6.45) is 2.21. The van der Waals surface area contributed by atoms with Crippen LogP contribution in [0.4, 0.5) is 0 Å². The van der Waals surface area contributed by atoms with Crippen LogP contribution in [0.1, 0.15) is 32.8 Å². The molecule has 3 heteroatoms.